The van der Waals surface area contributed by atoms with E-state index in [9.17, 15) is 13.2 Å². The van der Waals surface area contributed by atoms with Gasteiger partial charge >= 0.3 is 5.97 Å². The van der Waals surface area contributed by atoms with Crippen molar-refractivity contribution in [2.24, 2.45) is 5.92 Å². The maximum absolute atomic E-state index is 11.4. The molecule has 0 amide bonds. The van der Waals surface area contributed by atoms with Gasteiger partial charge in [-0.3, -0.25) is 4.79 Å². The number of methoxy groups -OCH3 is 1. The molecule has 0 spiro atoms. The summed E-state index contributed by atoms with van der Waals surface area (Å²) in [5.74, 6) is -0.880. The number of nitrogens with one attached hydrogen (secondary N) is 1. The van der Waals surface area contributed by atoms with Crippen molar-refractivity contribution in [3.8, 4) is 0 Å². The largest absolute Gasteiger partial charge is 0.468 e. The van der Waals surface area contributed by atoms with Gasteiger partial charge in [-0.15, -0.1) is 0 Å². The van der Waals surface area contributed by atoms with Gasteiger partial charge in [-0.05, 0) is 12.3 Å². The van der Waals surface area contributed by atoms with E-state index >= 15 is 0 Å². The molecule has 1 unspecified atom stereocenters. The van der Waals surface area contributed by atoms with Crippen LogP contribution in [0, 0.1) is 5.92 Å². The molecule has 1 atom stereocenters. The minimum Gasteiger partial charge on any atom is -0.468 e. The fourth-order valence-electron chi connectivity index (χ4n) is 1.20. The van der Waals surface area contributed by atoms with Crippen molar-refractivity contribution in [2.75, 3.05) is 19.5 Å². The van der Waals surface area contributed by atoms with E-state index in [1.807, 2.05) is 13.8 Å². The summed E-state index contributed by atoms with van der Waals surface area (Å²) in [6.07, 6.45) is 0.358. The van der Waals surface area contributed by atoms with Crippen LogP contribution in [0.1, 0.15) is 20.3 Å². The minimum absolute atomic E-state index is 0.154. The number of sulfonamides is 1. The zero-order valence-corrected chi connectivity index (χ0v) is 10.6. The summed E-state index contributed by atoms with van der Waals surface area (Å²) in [5.41, 5.74) is 0. The molecule has 0 aliphatic carbocycles. The Morgan fingerprint density at radius 3 is 2.38 bits per heavy atom. The lowest BCUT2D eigenvalue weighted by Gasteiger charge is -2.17. The van der Waals surface area contributed by atoms with Crippen LogP contribution in [0.5, 0.6) is 0 Å². The molecule has 0 aromatic rings. The number of carbonyl (C=O) groups is 1. The molecule has 0 heterocycles. The molecule has 2 N–H and O–H groups in total. The van der Waals surface area contributed by atoms with E-state index in [1.165, 1.54) is 7.11 Å². The number of rotatable bonds is 7. The van der Waals surface area contributed by atoms with Gasteiger partial charge in [0, 0.05) is 0 Å². The molecular weight excluding hydrogens is 234 g/mol. The molecule has 96 valence electrons. The van der Waals surface area contributed by atoms with Crippen molar-refractivity contribution in [1.82, 2.24) is 4.72 Å². The summed E-state index contributed by atoms with van der Waals surface area (Å²) in [6, 6.07) is -0.887. The number of ether oxygens (including phenoxy) is 1. The number of esters is 1. The first-order valence-corrected chi connectivity index (χ1v) is 6.66. The number of hydrogen-bond donors (Lipinski definition) is 2. The second kappa shape index (κ2) is 6.82. The van der Waals surface area contributed by atoms with Gasteiger partial charge < -0.3 is 9.84 Å². The first-order chi connectivity index (χ1) is 7.32. The van der Waals surface area contributed by atoms with Gasteiger partial charge in [0.25, 0.3) is 0 Å². The maximum atomic E-state index is 11.4. The lowest BCUT2D eigenvalue weighted by molar-refractivity contribution is -0.143. The third-order valence-electron chi connectivity index (χ3n) is 1.87. The summed E-state index contributed by atoms with van der Waals surface area (Å²) < 4.78 is 29.5. The van der Waals surface area contributed by atoms with Gasteiger partial charge in [0.05, 0.1) is 19.5 Å². The van der Waals surface area contributed by atoms with Gasteiger partial charge in [-0.1, -0.05) is 13.8 Å². The van der Waals surface area contributed by atoms with Crippen LogP contribution < -0.4 is 4.72 Å². The summed E-state index contributed by atoms with van der Waals surface area (Å²) in [6.45, 7) is 3.26. The third-order valence-corrected chi connectivity index (χ3v) is 3.24. The highest BCUT2D eigenvalue weighted by Gasteiger charge is 2.25. The van der Waals surface area contributed by atoms with Crippen molar-refractivity contribution < 1.29 is 23.1 Å². The Morgan fingerprint density at radius 2 is 2.00 bits per heavy atom. The summed E-state index contributed by atoms with van der Waals surface area (Å²) in [7, 11) is -2.43. The van der Waals surface area contributed by atoms with E-state index in [0.29, 0.717) is 6.42 Å². The smallest absolute Gasteiger partial charge is 0.323 e. The highest BCUT2D eigenvalue weighted by molar-refractivity contribution is 7.89. The molecule has 7 heteroatoms. The van der Waals surface area contributed by atoms with Crippen LogP contribution in [0.4, 0.5) is 0 Å². The highest BCUT2D eigenvalue weighted by atomic mass is 32.2. The van der Waals surface area contributed by atoms with Crippen molar-refractivity contribution in [3.63, 3.8) is 0 Å². The lowest BCUT2D eigenvalue weighted by Crippen LogP contribution is -2.43. The van der Waals surface area contributed by atoms with Gasteiger partial charge in [0.1, 0.15) is 6.04 Å². The van der Waals surface area contributed by atoms with Crippen LogP contribution in [-0.2, 0) is 19.6 Å². The predicted molar refractivity (Wildman–Crippen MR) is 59.3 cm³/mol. The van der Waals surface area contributed by atoms with Crippen LogP contribution in [0.15, 0.2) is 0 Å². The second-order valence-corrected chi connectivity index (χ2v) is 5.74. The van der Waals surface area contributed by atoms with E-state index in [0.717, 1.165) is 0 Å². The fourth-order valence-corrected chi connectivity index (χ4v) is 2.19. The Bertz CT molecular complexity index is 312. The molecule has 6 nitrogen and oxygen atoms in total. The molecule has 0 saturated heterocycles. The number of aliphatic hydroxyl groups is 1. The molecular formula is C9H19NO5S. The Balaban J connectivity index is 4.60. The van der Waals surface area contributed by atoms with Crippen LogP contribution in [0.3, 0.4) is 0 Å². The molecule has 0 aromatic heterocycles. The summed E-state index contributed by atoms with van der Waals surface area (Å²) in [5, 5.41) is 8.56. The predicted octanol–water partition coefficient (Wildman–Crippen LogP) is -0.514. The van der Waals surface area contributed by atoms with Crippen molar-refractivity contribution in [3.05, 3.63) is 0 Å². The zero-order valence-electron chi connectivity index (χ0n) is 9.76. The Kier molecular flexibility index (Phi) is 6.54. The Labute approximate surface area is 96.0 Å². The normalized spacial score (nSPS) is 13.8. The molecule has 0 aromatic carbocycles. The van der Waals surface area contributed by atoms with E-state index in [1.54, 1.807) is 0 Å². The van der Waals surface area contributed by atoms with Gasteiger partial charge in [0.15, 0.2) is 0 Å². The third kappa shape index (κ3) is 6.04. The second-order valence-electron chi connectivity index (χ2n) is 3.87. The van der Waals surface area contributed by atoms with Crippen LogP contribution in [-0.4, -0.2) is 45.0 Å². The van der Waals surface area contributed by atoms with Crippen LogP contribution >= 0.6 is 0 Å². The quantitative estimate of drug-likeness (QED) is 0.596. The Morgan fingerprint density at radius 1 is 1.44 bits per heavy atom. The molecule has 16 heavy (non-hydrogen) atoms. The van der Waals surface area contributed by atoms with Gasteiger partial charge in [-0.2, -0.15) is 0 Å². The van der Waals surface area contributed by atoms with Crippen LogP contribution in [0.25, 0.3) is 0 Å². The zero-order chi connectivity index (χ0) is 12.8. The van der Waals surface area contributed by atoms with E-state index in [4.69, 9.17) is 5.11 Å². The van der Waals surface area contributed by atoms with Gasteiger partial charge in [0.2, 0.25) is 10.0 Å². The van der Waals surface area contributed by atoms with Crippen molar-refractivity contribution in [2.45, 2.75) is 26.3 Å². The molecule has 0 radical (unpaired) electrons. The summed E-state index contributed by atoms with van der Waals surface area (Å²) >= 11 is 0. The average Bonchev–Trinajstić information content (AvgIpc) is 2.14. The molecule has 0 fully saturated rings. The molecule has 0 saturated carbocycles. The minimum atomic E-state index is -3.63. The van der Waals surface area contributed by atoms with Gasteiger partial charge in [-0.25, -0.2) is 13.1 Å². The van der Waals surface area contributed by atoms with Crippen molar-refractivity contribution in [1.29, 1.82) is 0 Å². The lowest BCUT2D eigenvalue weighted by atomic mass is 10.1. The number of aliphatic hydroxyl groups excluding tert-OH is 1. The monoisotopic (exact) mass is 253 g/mol. The Hall–Kier alpha value is -0.660. The molecule has 0 rings (SSSR count). The van der Waals surface area contributed by atoms with Crippen molar-refractivity contribution >= 4 is 16.0 Å². The molecule has 0 aliphatic heterocycles. The SMILES string of the molecule is COC(=O)C(CC(C)C)NS(=O)(=O)CCO. The topological polar surface area (TPSA) is 92.7 Å². The summed E-state index contributed by atoms with van der Waals surface area (Å²) in [4.78, 5) is 11.3. The van der Waals surface area contributed by atoms with E-state index in [-0.39, 0.29) is 5.92 Å². The number of carbonyl (C=O) groups excluding carboxylic acids is 1. The van der Waals surface area contributed by atoms with Crippen LogP contribution in [0.2, 0.25) is 0 Å². The highest BCUT2D eigenvalue weighted by Crippen LogP contribution is 2.07. The first kappa shape index (κ1) is 15.3. The molecule has 0 bridgehead atoms. The van der Waals surface area contributed by atoms with E-state index < -0.39 is 34.4 Å². The van der Waals surface area contributed by atoms with E-state index in [2.05, 4.69) is 9.46 Å². The average molecular weight is 253 g/mol. The molecule has 0 aliphatic rings. The standard InChI is InChI=1S/C9H19NO5S/c1-7(2)6-8(9(12)15-3)10-16(13,14)5-4-11/h7-8,10-11H,4-6H2,1-3H3. The first-order valence-electron chi connectivity index (χ1n) is 5.01. The fraction of sp³-hybridized carbons (Fsp3) is 0.889. The maximum Gasteiger partial charge on any atom is 0.323 e. The number of hydrogen-bond acceptors (Lipinski definition) is 5.